The molecule has 3 rings (SSSR count). The highest BCUT2D eigenvalue weighted by molar-refractivity contribution is 5.95. The van der Waals surface area contributed by atoms with Crippen LogP contribution >= 0.6 is 0 Å². The summed E-state index contributed by atoms with van der Waals surface area (Å²) in [5.41, 5.74) is 21.5. The van der Waals surface area contributed by atoms with Gasteiger partial charge >= 0.3 is 0 Å². The van der Waals surface area contributed by atoms with Gasteiger partial charge in [-0.1, -0.05) is 0 Å². The second-order valence-electron chi connectivity index (χ2n) is 6.34. The monoisotopic (exact) mass is 313 g/mol. The minimum atomic E-state index is 0.0544. The minimum Gasteiger partial charge on any atom is -0.402 e. The van der Waals surface area contributed by atoms with Crippen LogP contribution in [-0.4, -0.2) is 17.8 Å². The van der Waals surface area contributed by atoms with E-state index in [4.69, 9.17) is 17.2 Å². The van der Waals surface area contributed by atoms with Crippen molar-refractivity contribution in [3.63, 3.8) is 0 Å². The second-order valence-corrected chi connectivity index (χ2v) is 6.34. The summed E-state index contributed by atoms with van der Waals surface area (Å²) in [6.45, 7) is 0. The summed E-state index contributed by atoms with van der Waals surface area (Å²) < 4.78 is 0. The number of amides is 1. The van der Waals surface area contributed by atoms with E-state index in [1.165, 1.54) is 0 Å². The van der Waals surface area contributed by atoms with Crippen molar-refractivity contribution in [2.45, 2.75) is 38.1 Å². The number of aliphatic imine (C=N–C) groups is 1. The number of nitrogens with one attached hydrogen (secondary N) is 1. The van der Waals surface area contributed by atoms with Crippen LogP contribution in [0.4, 0.5) is 11.4 Å². The first-order chi connectivity index (χ1) is 11.0. The Morgan fingerprint density at radius 2 is 2.09 bits per heavy atom. The highest BCUT2D eigenvalue weighted by Gasteiger charge is 2.23. The van der Waals surface area contributed by atoms with Gasteiger partial charge in [-0.2, -0.15) is 0 Å². The number of aryl methyl sites for hydroxylation is 1. The smallest absolute Gasteiger partial charge is 0.224 e. The molecule has 6 nitrogen and oxygen atoms in total. The van der Waals surface area contributed by atoms with Crippen molar-refractivity contribution in [2.24, 2.45) is 28.1 Å². The number of hydrogen-bond acceptors (Lipinski definition) is 4. The number of rotatable bonds is 3. The molecule has 1 amide bonds. The molecule has 2 aliphatic rings. The molecule has 1 aliphatic carbocycles. The number of hydrogen-bond donors (Lipinski definition) is 4. The predicted octanol–water partition coefficient (Wildman–Crippen LogP) is 1.53. The highest BCUT2D eigenvalue weighted by atomic mass is 16.1. The normalized spacial score (nSPS) is 25.2. The zero-order chi connectivity index (χ0) is 16.4. The van der Waals surface area contributed by atoms with E-state index in [0.29, 0.717) is 18.2 Å². The third-order valence-electron chi connectivity index (χ3n) is 4.50. The van der Waals surface area contributed by atoms with E-state index in [-0.39, 0.29) is 11.9 Å². The van der Waals surface area contributed by atoms with Crippen molar-refractivity contribution in [1.29, 1.82) is 0 Å². The fourth-order valence-electron chi connectivity index (χ4n) is 3.23. The topological polar surface area (TPSA) is 120 Å². The zero-order valence-corrected chi connectivity index (χ0v) is 13.1. The van der Waals surface area contributed by atoms with Crippen molar-refractivity contribution < 1.29 is 4.79 Å². The van der Waals surface area contributed by atoms with Gasteiger partial charge in [0.25, 0.3) is 0 Å². The molecule has 0 spiro atoms. The van der Waals surface area contributed by atoms with E-state index in [1.807, 2.05) is 18.2 Å². The van der Waals surface area contributed by atoms with E-state index in [2.05, 4.69) is 10.3 Å². The molecule has 1 aliphatic heterocycles. The van der Waals surface area contributed by atoms with Crippen LogP contribution in [0.1, 0.15) is 31.2 Å². The molecule has 2 atom stereocenters. The molecule has 0 saturated heterocycles. The maximum absolute atomic E-state index is 11.4. The van der Waals surface area contributed by atoms with Crippen LogP contribution in [0.5, 0.6) is 0 Å². The van der Waals surface area contributed by atoms with E-state index < -0.39 is 0 Å². The molecular formula is C17H23N5O. The quantitative estimate of drug-likeness (QED) is 0.499. The Bertz CT molecular complexity index is 680. The summed E-state index contributed by atoms with van der Waals surface area (Å²) in [7, 11) is 0. The molecule has 1 heterocycles. The van der Waals surface area contributed by atoms with Gasteiger partial charge in [-0.15, -0.1) is 0 Å². The van der Waals surface area contributed by atoms with Gasteiger partial charge < -0.3 is 22.5 Å². The summed E-state index contributed by atoms with van der Waals surface area (Å²) >= 11 is 0. The molecule has 0 radical (unpaired) electrons. The Kier molecular flexibility index (Phi) is 4.34. The lowest BCUT2D eigenvalue weighted by Gasteiger charge is -2.16. The van der Waals surface area contributed by atoms with Crippen molar-refractivity contribution >= 4 is 23.1 Å². The molecule has 122 valence electrons. The number of amidine groups is 1. The van der Waals surface area contributed by atoms with Crippen LogP contribution < -0.4 is 22.5 Å². The van der Waals surface area contributed by atoms with Crippen LogP contribution in [0.2, 0.25) is 0 Å². The average Bonchev–Trinajstić information content (AvgIpc) is 2.94. The Hall–Kier alpha value is -2.34. The zero-order valence-electron chi connectivity index (χ0n) is 13.1. The first-order valence-corrected chi connectivity index (χ1v) is 8.01. The number of carbonyl (C=O) groups is 1. The van der Waals surface area contributed by atoms with Crippen LogP contribution in [0.3, 0.4) is 0 Å². The van der Waals surface area contributed by atoms with Gasteiger partial charge in [-0.3, -0.25) is 4.79 Å². The predicted molar refractivity (Wildman–Crippen MR) is 92.3 cm³/mol. The van der Waals surface area contributed by atoms with Crippen molar-refractivity contribution in [3.05, 3.63) is 35.5 Å². The summed E-state index contributed by atoms with van der Waals surface area (Å²) in [5, 5.41) is 2.85. The van der Waals surface area contributed by atoms with E-state index >= 15 is 0 Å². The Morgan fingerprint density at radius 1 is 1.26 bits per heavy atom. The van der Waals surface area contributed by atoms with Crippen LogP contribution in [0.15, 0.2) is 35.0 Å². The van der Waals surface area contributed by atoms with E-state index in [0.717, 1.165) is 48.3 Å². The minimum absolute atomic E-state index is 0.0544. The van der Waals surface area contributed by atoms with Crippen molar-refractivity contribution in [2.75, 3.05) is 5.32 Å². The van der Waals surface area contributed by atoms with Gasteiger partial charge in [-0.25, -0.2) is 4.99 Å². The summed E-state index contributed by atoms with van der Waals surface area (Å²) in [4.78, 5) is 15.8. The first kappa shape index (κ1) is 15.6. The lowest BCUT2D eigenvalue weighted by molar-refractivity contribution is -0.116. The molecule has 23 heavy (non-hydrogen) atoms. The van der Waals surface area contributed by atoms with Gasteiger partial charge in [0.15, 0.2) is 0 Å². The van der Waals surface area contributed by atoms with Gasteiger partial charge in [0.05, 0.1) is 5.69 Å². The molecule has 1 saturated carbocycles. The molecule has 6 heteroatoms. The molecule has 2 unspecified atom stereocenters. The molecule has 1 aromatic rings. The Balaban J connectivity index is 1.74. The van der Waals surface area contributed by atoms with Gasteiger partial charge in [0, 0.05) is 29.8 Å². The van der Waals surface area contributed by atoms with Gasteiger partial charge in [0.1, 0.15) is 5.84 Å². The number of fused-ring (bicyclic) bond motifs is 1. The van der Waals surface area contributed by atoms with Crippen LogP contribution in [0, 0.1) is 5.92 Å². The van der Waals surface area contributed by atoms with Gasteiger partial charge in [0.2, 0.25) is 5.91 Å². The third-order valence-corrected chi connectivity index (χ3v) is 4.50. The van der Waals surface area contributed by atoms with Crippen LogP contribution in [-0.2, 0) is 11.2 Å². The fraction of sp³-hybridized carbons (Fsp3) is 0.412. The summed E-state index contributed by atoms with van der Waals surface area (Å²) in [6, 6.07) is 5.90. The highest BCUT2D eigenvalue weighted by Crippen LogP contribution is 2.29. The second kappa shape index (κ2) is 6.42. The Morgan fingerprint density at radius 3 is 2.83 bits per heavy atom. The van der Waals surface area contributed by atoms with Crippen molar-refractivity contribution in [1.82, 2.24) is 0 Å². The van der Waals surface area contributed by atoms with Crippen LogP contribution in [0.25, 0.3) is 0 Å². The number of nitrogens with zero attached hydrogens (tertiary/aromatic N) is 1. The van der Waals surface area contributed by atoms with E-state index in [9.17, 15) is 4.79 Å². The molecular weight excluding hydrogens is 290 g/mol. The number of carbonyl (C=O) groups excluding carboxylic acids is 1. The molecule has 0 bridgehead atoms. The number of allylic oxidation sites excluding steroid dienone is 1. The fourth-order valence-corrected chi connectivity index (χ4v) is 3.23. The third kappa shape index (κ3) is 3.71. The van der Waals surface area contributed by atoms with Gasteiger partial charge in [-0.05, 0) is 55.5 Å². The lowest BCUT2D eigenvalue weighted by atomic mass is 10.0. The Labute approximate surface area is 135 Å². The maximum atomic E-state index is 11.4. The van der Waals surface area contributed by atoms with E-state index in [1.54, 1.807) is 6.08 Å². The molecule has 7 N–H and O–H groups in total. The number of benzene rings is 1. The van der Waals surface area contributed by atoms with Crippen molar-refractivity contribution in [3.8, 4) is 0 Å². The lowest BCUT2D eigenvalue weighted by Crippen LogP contribution is -2.19. The summed E-state index contributed by atoms with van der Waals surface area (Å²) in [6.07, 6.45) is 5.90. The summed E-state index contributed by atoms with van der Waals surface area (Å²) in [5.74, 6) is 0.749. The average molecular weight is 313 g/mol. The number of nitrogens with two attached hydrogens (primary N) is 3. The molecule has 0 aromatic heterocycles. The molecule has 1 fully saturated rings. The SMILES string of the molecule is NC(/C=C(\N)C1CCC(N)C1)=Nc1ccc2c(c1)CCC(=O)N2. The largest absolute Gasteiger partial charge is 0.402 e. The standard InChI is InChI=1S/C17H23N5O/c18-12-3-1-10(7-12)14(19)9-16(20)21-13-4-5-15-11(8-13)2-6-17(23)22-15/h4-5,8-10,12H,1-3,6-7,18-19H2,(H2,20,21)(H,22,23)/b14-9-. The maximum Gasteiger partial charge on any atom is 0.224 e. The molecule has 1 aromatic carbocycles. The number of anilines is 1. The first-order valence-electron chi connectivity index (χ1n) is 8.01.